The second kappa shape index (κ2) is 6.53. The van der Waals surface area contributed by atoms with Crippen LogP contribution in [-0.4, -0.2) is 17.8 Å². The van der Waals surface area contributed by atoms with Crippen molar-refractivity contribution in [2.45, 2.75) is 0 Å². The first-order valence-corrected chi connectivity index (χ1v) is 7.99. The van der Waals surface area contributed by atoms with Crippen molar-refractivity contribution in [1.29, 1.82) is 0 Å². The maximum Gasteiger partial charge on any atom is 0.275 e. The van der Waals surface area contributed by atoms with Gasteiger partial charge in [0.1, 0.15) is 5.71 Å². The van der Waals surface area contributed by atoms with Crippen LogP contribution in [0.15, 0.2) is 88.8 Å². The van der Waals surface area contributed by atoms with E-state index >= 15 is 0 Å². The first-order valence-electron chi connectivity index (χ1n) is 7.99. The highest BCUT2D eigenvalue weighted by atomic mass is 16.2. The van der Waals surface area contributed by atoms with Crippen molar-refractivity contribution in [2.75, 3.05) is 5.32 Å². The summed E-state index contributed by atoms with van der Waals surface area (Å²) in [6.45, 7) is 0. The number of aliphatic imine (C=N–C) groups is 2. The fraction of sp³-hybridized carbons (Fsp3) is 0. The predicted octanol–water partition coefficient (Wildman–Crippen LogP) is 4.51. The van der Waals surface area contributed by atoms with Gasteiger partial charge in [0, 0.05) is 11.8 Å². The summed E-state index contributed by atoms with van der Waals surface area (Å²) >= 11 is 0. The van der Waals surface area contributed by atoms with Gasteiger partial charge in [-0.15, -0.1) is 0 Å². The van der Waals surface area contributed by atoms with Crippen LogP contribution >= 0.6 is 0 Å². The summed E-state index contributed by atoms with van der Waals surface area (Å²) in [5, 5.41) is 2.84. The number of carbonyl (C=O) groups excluding carboxylic acids is 1. The average molecular weight is 325 g/mol. The van der Waals surface area contributed by atoms with Gasteiger partial charge in [-0.05, 0) is 23.8 Å². The molecule has 0 radical (unpaired) electrons. The Kier molecular flexibility index (Phi) is 3.92. The number of amides is 1. The third-order valence-corrected chi connectivity index (χ3v) is 3.91. The van der Waals surface area contributed by atoms with E-state index in [0.29, 0.717) is 11.4 Å². The third-order valence-electron chi connectivity index (χ3n) is 3.91. The van der Waals surface area contributed by atoms with E-state index in [1.54, 1.807) is 6.21 Å². The zero-order valence-corrected chi connectivity index (χ0v) is 13.4. The Morgan fingerprint density at radius 3 is 2.28 bits per heavy atom. The van der Waals surface area contributed by atoms with Gasteiger partial charge in [0.05, 0.1) is 17.1 Å². The maximum atomic E-state index is 12.2. The zero-order valence-electron chi connectivity index (χ0n) is 13.4. The fourth-order valence-electron chi connectivity index (χ4n) is 2.68. The Morgan fingerprint density at radius 1 is 0.760 bits per heavy atom. The van der Waals surface area contributed by atoms with Gasteiger partial charge in [0.2, 0.25) is 0 Å². The van der Waals surface area contributed by atoms with E-state index < -0.39 is 0 Å². The van der Waals surface area contributed by atoms with Crippen LogP contribution < -0.4 is 5.32 Å². The minimum Gasteiger partial charge on any atom is -0.320 e. The molecule has 0 fully saturated rings. The van der Waals surface area contributed by atoms with Crippen molar-refractivity contribution in [2.24, 2.45) is 9.98 Å². The molecule has 0 spiro atoms. The van der Waals surface area contributed by atoms with E-state index in [4.69, 9.17) is 0 Å². The number of hydrogen-bond acceptors (Lipinski definition) is 3. The van der Waals surface area contributed by atoms with Crippen LogP contribution in [0.1, 0.15) is 11.1 Å². The van der Waals surface area contributed by atoms with Crippen molar-refractivity contribution in [3.63, 3.8) is 0 Å². The summed E-state index contributed by atoms with van der Waals surface area (Å²) in [6, 6.07) is 25.0. The number of benzene rings is 3. The highest BCUT2D eigenvalue weighted by Crippen LogP contribution is 2.31. The van der Waals surface area contributed by atoms with Gasteiger partial charge in [-0.3, -0.25) is 9.79 Å². The highest BCUT2D eigenvalue weighted by molar-refractivity contribution is 6.54. The molecule has 25 heavy (non-hydrogen) atoms. The van der Waals surface area contributed by atoms with Gasteiger partial charge in [-0.2, -0.15) is 0 Å². The zero-order chi connectivity index (χ0) is 17.1. The Morgan fingerprint density at radius 2 is 1.44 bits per heavy atom. The molecule has 0 saturated heterocycles. The molecular formula is C21H15N3O. The van der Waals surface area contributed by atoms with E-state index in [1.165, 1.54) is 0 Å². The van der Waals surface area contributed by atoms with Crippen LogP contribution in [0.3, 0.4) is 0 Å². The molecular weight excluding hydrogens is 310 g/mol. The Hall–Kier alpha value is -3.53. The number of rotatable bonds is 3. The second-order valence-corrected chi connectivity index (χ2v) is 5.62. The first-order chi connectivity index (χ1) is 12.3. The molecule has 1 N–H and O–H groups in total. The summed E-state index contributed by atoms with van der Waals surface area (Å²) in [5.41, 5.74) is 4.41. The van der Waals surface area contributed by atoms with Gasteiger partial charge < -0.3 is 5.32 Å². The molecule has 0 saturated carbocycles. The smallest absolute Gasteiger partial charge is 0.275 e. The SMILES string of the molecule is O=C1Nc2ccccc2C1=Nc1ccccc1N=Cc1ccccc1. The average Bonchev–Trinajstić information content (AvgIpc) is 2.97. The van der Waals surface area contributed by atoms with Crippen LogP contribution in [-0.2, 0) is 4.79 Å². The van der Waals surface area contributed by atoms with Crippen LogP contribution in [0.4, 0.5) is 17.1 Å². The summed E-state index contributed by atoms with van der Waals surface area (Å²) < 4.78 is 0. The fourth-order valence-corrected chi connectivity index (χ4v) is 2.68. The molecule has 3 aromatic carbocycles. The highest BCUT2D eigenvalue weighted by Gasteiger charge is 2.25. The third kappa shape index (κ3) is 3.10. The molecule has 0 bridgehead atoms. The van der Waals surface area contributed by atoms with E-state index in [1.807, 2.05) is 78.9 Å². The molecule has 4 rings (SSSR count). The minimum absolute atomic E-state index is 0.192. The Balaban J connectivity index is 1.73. The lowest BCUT2D eigenvalue weighted by atomic mass is 10.1. The monoisotopic (exact) mass is 325 g/mol. The first kappa shape index (κ1) is 15.0. The van der Waals surface area contributed by atoms with Crippen LogP contribution in [0.5, 0.6) is 0 Å². The van der Waals surface area contributed by atoms with Gasteiger partial charge in [-0.25, -0.2) is 4.99 Å². The van der Waals surface area contributed by atoms with Crippen LogP contribution in [0.2, 0.25) is 0 Å². The maximum absolute atomic E-state index is 12.2. The predicted molar refractivity (Wildman–Crippen MR) is 101 cm³/mol. The number of nitrogens with zero attached hydrogens (tertiary/aromatic N) is 2. The molecule has 0 atom stereocenters. The van der Waals surface area contributed by atoms with Crippen molar-refractivity contribution in [1.82, 2.24) is 0 Å². The molecule has 1 aliphatic heterocycles. The quantitative estimate of drug-likeness (QED) is 0.708. The molecule has 1 amide bonds. The Bertz CT molecular complexity index is 991. The lowest BCUT2D eigenvalue weighted by Gasteiger charge is -2.02. The number of para-hydroxylation sites is 3. The number of fused-ring (bicyclic) bond motifs is 1. The van der Waals surface area contributed by atoms with Crippen molar-refractivity contribution >= 4 is 34.9 Å². The molecule has 0 unspecified atom stereocenters. The number of hydrogen-bond donors (Lipinski definition) is 1. The van der Waals surface area contributed by atoms with E-state index in [-0.39, 0.29) is 5.91 Å². The Labute approximate surface area is 145 Å². The normalized spacial score (nSPS) is 14.7. The molecule has 4 heteroatoms. The number of carbonyl (C=O) groups is 1. The van der Waals surface area contributed by atoms with Crippen molar-refractivity contribution in [3.8, 4) is 0 Å². The minimum atomic E-state index is -0.192. The van der Waals surface area contributed by atoms with E-state index in [0.717, 1.165) is 22.5 Å². The molecule has 4 nitrogen and oxygen atoms in total. The summed E-state index contributed by atoms with van der Waals surface area (Å²) in [5.74, 6) is -0.192. The van der Waals surface area contributed by atoms with Gasteiger partial charge in [0.25, 0.3) is 5.91 Å². The van der Waals surface area contributed by atoms with Gasteiger partial charge >= 0.3 is 0 Å². The molecule has 1 heterocycles. The van der Waals surface area contributed by atoms with Gasteiger partial charge in [-0.1, -0.05) is 60.7 Å². The summed E-state index contributed by atoms with van der Waals surface area (Å²) in [6.07, 6.45) is 1.79. The molecule has 0 aromatic heterocycles. The summed E-state index contributed by atoms with van der Waals surface area (Å²) in [4.78, 5) is 21.4. The number of anilines is 1. The molecule has 3 aromatic rings. The summed E-state index contributed by atoms with van der Waals surface area (Å²) in [7, 11) is 0. The second-order valence-electron chi connectivity index (χ2n) is 5.62. The lowest BCUT2D eigenvalue weighted by Crippen LogP contribution is -2.13. The van der Waals surface area contributed by atoms with Crippen molar-refractivity contribution in [3.05, 3.63) is 90.0 Å². The van der Waals surface area contributed by atoms with E-state index in [9.17, 15) is 4.79 Å². The number of nitrogens with one attached hydrogen (secondary N) is 1. The molecule has 0 aliphatic carbocycles. The van der Waals surface area contributed by atoms with Crippen molar-refractivity contribution < 1.29 is 4.79 Å². The van der Waals surface area contributed by atoms with E-state index in [2.05, 4.69) is 15.3 Å². The largest absolute Gasteiger partial charge is 0.320 e. The van der Waals surface area contributed by atoms with Gasteiger partial charge in [0.15, 0.2) is 0 Å². The van der Waals surface area contributed by atoms with Crippen LogP contribution in [0.25, 0.3) is 0 Å². The standard InChI is InChI=1S/C21H15N3O/c25-21-20(16-10-4-5-11-17(16)24-21)23-19-13-7-6-12-18(19)22-14-15-8-2-1-3-9-15/h1-14H,(H,23,24,25). The van der Waals surface area contributed by atoms with Crippen LogP contribution in [0, 0.1) is 0 Å². The lowest BCUT2D eigenvalue weighted by molar-refractivity contribution is -0.110. The molecule has 120 valence electrons. The topological polar surface area (TPSA) is 53.8 Å². The molecule has 1 aliphatic rings.